The van der Waals surface area contributed by atoms with E-state index in [1.807, 2.05) is 6.92 Å². The number of thioether (sulfide) groups is 1. The average Bonchev–Trinajstić information content (AvgIpc) is 2.79. The summed E-state index contributed by atoms with van der Waals surface area (Å²) in [5.41, 5.74) is 0.0450. The summed E-state index contributed by atoms with van der Waals surface area (Å²) in [5, 5.41) is 0.0339. The molecule has 1 aliphatic carbocycles. The largest absolute Gasteiger partial charge is 0.465 e. The maximum atomic E-state index is 15.0. The summed E-state index contributed by atoms with van der Waals surface area (Å²) in [6.07, 6.45) is 3.21. The molecule has 7 nitrogen and oxygen atoms in total. The number of unbranched alkanes of at least 4 members (excludes halogenated alkanes) is 1. The number of esters is 2. The molecule has 2 amide bonds. The Hall–Kier alpha value is -2.39. The van der Waals surface area contributed by atoms with Gasteiger partial charge in [0.15, 0.2) is 0 Å². The van der Waals surface area contributed by atoms with E-state index < -0.39 is 29.6 Å². The summed E-state index contributed by atoms with van der Waals surface area (Å²) in [6.45, 7) is 6.82. The van der Waals surface area contributed by atoms with Gasteiger partial charge in [-0.25, -0.2) is 14.1 Å². The highest BCUT2D eigenvalue weighted by molar-refractivity contribution is 8.00. The molecule has 1 aliphatic rings. The van der Waals surface area contributed by atoms with E-state index in [4.69, 9.17) is 21.1 Å². The van der Waals surface area contributed by atoms with Crippen LogP contribution in [0.15, 0.2) is 28.2 Å². The highest BCUT2D eigenvalue weighted by atomic mass is 35.5. The van der Waals surface area contributed by atoms with Gasteiger partial charge in [-0.2, -0.15) is 0 Å². The van der Waals surface area contributed by atoms with Crippen molar-refractivity contribution >= 4 is 52.8 Å². The molecule has 0 bridgehead atoms. The van der Waals surface area contributed by atoms with Crippen LogP contribution in [0.4, 0.5) is 10.1 Å². The Bertz CT molecular complexity index is 1010. The first-order valence-corrected chi connectivity index (χ1v) is 13.0. The van der Waals surface area contributed by atoms with E-state index in [1.165, 1.54) is 6.07 Å². The van der Waals surface area contributed by atoms with Crippen LogP contribution < -0.4 is 4.90 Å². The molecule has 0 heterocycles. The smallest absolute Gasteiger partial charge is 0.334 e. The van der Waals surface area contributed by atoms with Crippen LogP contribution in [-0.2, 0) is 28.7 Å². The number of hydrogen-bond donors (Lipinski definition) is 0. The Kier molecular flexibility index (Phi) is 11.2. The van der Waals surface area contributed by atoms with Gasteiger partial charge in [0.05, 0.1) is 29.2 Å². The molecular formula is C25H31ClFNO6S. The van der Waals surface area contributed by atoms with Crippen LogP contribution >= 0.6 is 23.4 Å². The van der Waals surface area contributed by atoms with Gasteiger partial charge in [-0.15, -0.1) is 11.8 Å². The molecule has 35 heavy (non-hydrogen) atoms. The van der Waals surface area contributed by atoms with Gasteiger partial charge in [0.2, 0.25) is 5.91 Å². The van der Waals surface area contributed by atoms with Gasteiger partial charge in [-0.05, 0) is 58.1 Å². The van der Waals surface area contributed by atoms with Crippen LogP contribution in [0.25, 0.3) is 0 Å². The van der Waals surface area contributed by atoms with Crippen molar-refractivity contribution in [2.45, 2.75) is 77.2 Å². The minimum absolute atomic E-state index is 0.0339. The Balaban J connectivity index is 2.38. The second-order valence-electron chi connectivity index (χ2n) is 8.37. The van der Waals surface area contributed by atoms with Gasteiger partial charge in [0.25, 0.3) is 5.91 Å². The number of amides is 2. The minimum Gasteiger partial charge on any atom is -0.465 e. The highest BCUT2D eigenvalue weighted by Crippen LogP contribution is 2.36. The molecule has 0 atom stereocenters. The predicted molar refractivity (Wildman–Crippen MR) is 133 cm³/mol. The summed E-state index contributed by atoms with van der Waals surface area (Å²) in [5.74, 6) is -3.51. The quantitative estimate of drug-likeness (QED) is 0.222. The van der Waals surface area contributed by atoms with E-state index in [0.29, 0.717) is 35.7 Å². The van der Waals surface area contributed by atoms with Crippen molar-refractivity contribution < 1.29 is 33.0 Å². The number of hydrogen-bond acceptors (Lipinski definition) is 7. The van der Waals surface area contributed by atoms with Crippen LogP contribution in [0.3, 0.4) is 0 Å². The topological polar surface area (TPSA) is 90.0 Å². The van der Waals surface area contributed by atoms with Gasteiger partial charge >= 0.3 is 11.9 Å². The Morgan fingerprint density at radius 1 is 1.14 bits per heavy atom. The fourth-order valence-electron chi connectivity index (χ4n) is 3.52. The first kappa shape index (κ1) is 28.8. The number of benzene rings is 1. The Labute approximate surface area is 214 Å². The number of imide groups is 1. The number of anilines is 1. The molecule has 2 rings (SSSR count). The van der Waals surface area contributed by atoms with Crippen LogP contribution in [0.1, 0.15) is 66.2 Å². The first-order chi connectivity index (χ1) is 16.6. The van der Waals surface area contributed by atoms with Gasteiger partial charge in [0.1, 0.15) is 5.82 Å². The van der Waals surface area contributed by atoms with Gasteiger partial charge in [0, 0.05) is 23.0 Å². The molecule has 0 aromatic heterocycles. The van der Waals surface area contributed by atoms with E-state index in [9.17, 15) is 23.6 Å². The summed E-state index contributed by atoms with van der Waals surface area (Å²) in [4.78, 5) is 51.6. The molecule has 0 saturated carbocycles. The summed E-state index contributed by atoms with van der Waals surface area (Å²) in [7, 11) is 0. The number of carbonyl (C=O) groups excluding carboxylic acids is 4. The average molecular weight is 528 g/mol. The number of rotatable bonds is 10. The molecule has 0 N–H and O–H groups in total. The van der Waals surface area contributed by atoms with Crippen molar-refractivity contribution in [1.29, 1.82) is 0 Å². The van der Waals surface area contributed by atoms with Crippen molar-refractivity contribution in [3.8, 4) is 0 Å². The van der Waals surface area contributed by atoms with Crippen LogP contribution in [0.5, 0.6) is 0 Å². The lowest BCUT2D eigenvalue weighted by Crippen LogP contribution is -2.38. The molecule has 0 fully saturated rings. The normalized spacial score (nSPS) is 13.6. The monoisotopic (exact) mass is 527 g/mol. The van der Waals surface area contributed by atoms with Crippen molar-refractivity contribution in [2.24, 2.45) is 0 Å². The molecule has 10 heteroatoms. The Morgan fingerprint density at radius 2 is 1.80 bits per heavy atom. The SMILES string of the molecule is CCCCOC(=O)CSc1cc(N(C(C)=O)C(=O)C2=C(C(=O)OC(C)C)CCCC2)c(F)cc1Cl. The molecule has 1 aromatic rings. The lowest BCUT2D eigenvalue weighted by molar-refractivity contribution is -0.143. The second-order valence-corrected chi connectivity index (χ2v) is 9.80. The number of halogens is 2. The second kappa shape index (κ2) is 13.6. The third kappa shape index (κ3) is 8.07. The summed E-state index contributed by atoms with van der Waals surface area (Å²) >= 11 is 7.18. The van der Waals surface area contributed by atoms with Crippen LogP contribution in [-0.4, -0.2) is 42.2 Å². The molecule has 0 radical (unpaired) electrons. The van der Waals surface area contributed by atoms with E-state index in [1.54, 1.807) is 13.8 Å². The third-order valence-corrected chi connectivity index (χ3v) is 6.64. The van der Waals surface area contributed by atoms with Crippen molar-refractivity contribution in [2.75, 3.05) is 17.3 Å². The van der Waals surface area contributed by atoms with Gasteiger partial charge in [-0.3, -0.25) is 14.4 Å². The van der Waals surface area contributed by atoms with Gasteiger partial charge < -0.3 is 9.47 Å². The zero-order chi connectivity index (χ0) is 26.1. The van der Waals surface area contributed by atoms with E-state index in [-0.39, 0.29) is 40.1 Å². The molecular weight excluding hydrogens is 497 g/mol. The van der Waals surface area contributed by atoms with E-state index >= 15 is 0 Å². The minimum atomic E-state index is -0.879. The zero-order valence-corrected chi connectivity index (χ0v) is 22.0. The third-order valence-electron chi connectivity index (χ3n) is 5.18. The van der Waals surface area contributed by atoms with Crippen LogP contribution in [0, 0.1) is 5.82 Å². The van der Waals surface area contributed by atoms with E-state index in [2.05, 4.69) is 0 Å². The van der Waals surface area contributed by atoms with Gasteiger partial charge in [-0.1, -0.05) is 24.9 Å². The lowest BCUT2D eigenvalue weighted by atomic mass is 9.90. The van der Waals surface area contributed by atoms with Crippen molar-refractivity contribution in [3.63, 3.8) is 0 Å². The maximum absolute atomic E-state index is 15.0. The Morgan fingerprint density at radius 3 is 2.40 bits per heavy atom. The van der Waals surface area contributed by atoms with E-state index in [0.717, 1.165) is 37.6 Å². The first-order valence-electron chi connectivity index (χ1n) is 11.6. The molecule has 1 aromatic carbocycles. The summed E-state index contributed by atoms with van der Waals surface area (Å²) < 4.78 is 25.4. The number of carbonyl (C=O) groups is 4. The molecule has 0 saturated heterocycles. The van der Waals surface area contributed by atoms with Crippen LogP contribution in [0.2, 0.25) is 5.02 Å². The molecule has 192 valence electrons. The van der Waals surface area contributed by atoms with Crippen molar-refractivity contribution in [1.82, 2.24) is 0 Å². The molecule has 0 unspecified atom stereocenters. The maximum Gasteiger partial charge on any atom is 0.334 e. The molecule has 0 aliphatic heterocycles. The van der Waals surface area contributed by atoms with Crippen molar-refractivity contribution in [3.05, 3.63) is 34.1 Å². The number of nitrogens with zero attached hydrogens (tertiary/aromatic N) is 1. The highest BCUT2D eigenvalue weighted by Gasteiger charge is 2.32. The molecule has 0 spiro atoms. The fraction of sp³-hybridized carbons (Fsp3) is 0.520. The standard InChI is InChI=1S/C25H31ClFNO6S/c1-5-6-11-33-23(30)14-35-22-13-21(20(27)12-19(22)26)28(16(4)29)24(31)17-9-7-8-10-18(17)25(32)34-15(2)3/h12-13,15H,5-11,14H2,1-4H3. The fourth-order valence-corrected chi connectivity index (χ4v) is 4.58. The number of ether oxygens (including phenoxy) is 2. The predicted octanol–water partition coefficient (Wildman–Crippen LogP) is 5.62. The lowest BCUT2D eigenvalue weighted by Gasteiger charge is -2.26. The zero-order valence-electron chi connectivity index (χ0n) is 20.4. The summed E-state index contributed by atoms with van der Waals surface area (Å²) in [6, 6.07) is 2.25.